The lowest BCUT2D eigenvalue weighted by Gasteiger charge is -2.36. The highest BCUT2D eigenvalue weighted by Gasteiger charge is 2.21. The molecule has 0 spiro atoms. The molecule has 1 aromatic carbocycles. The van der Waals surface area contributed by atoms with Gasteiger partial charge in [0.2, 0.25) is 5.91 Å². The van der Waals surface area contributed by atoms with Crippen LogP contribution < -0.4 is 9.64 Å². The number of aromatic nitrogens is 1. The maximum Gasteiger partial charge on any atom is 0.228 e. The molecule has 0 unspecified atom stereocenters. The fourth-order valence-electron chi connectivity index (χ4n) is 2.60. The van der Waals surface area contributed by atoms with Crippen molar-refractivity contribution in [1.82, 2.24) is 10.1 Å². The van der Waals surface area contributed by atoms with Crippen LogP contribution in [0.2, 0.25) is 0 Å². The predicted molar refractivity (Wildman–Crippen MR) is 82.0 cm³/mol. The highest BCUT2D eigenvalue weighted by molar-refractivity contribution is 5.78. The van der Waals surface area contributed by atoms with Crippen molar-refractivity contribution in [3.63, 3.8) is 0 Å². The first-order chi connectivity index (χ1) is 10.8. The Morgan fingerprint density at radius 3 is 2.50 bits per heavy atom. The number of rotatable bonds is 4. The minimum Gasteiger partial charge on any atom is -0.497 e. The van der Waals surface area contributed by atoms with Crippen LogP contribution in [0.3, 0.4) is 0 Å². The lowest BCUT2D eigenvalue weighted by Crippen LogP contribution is -2.49. The molecule has 6 heteroatoms. The van der Waals surface area contributed by atoms with Gasteiger partial charge in [0.25, 0.3) is 0 Å². The van der Waals surface area contributed by atoms with Crippen molar-refractivity contribution in [3.05, 3.63) is 42.3 Å². The van der Waals surface area contributed by atoms with Gasteiger partial charge in [0.05, 0.1) is 19.2 Å². The second-order valence-corrected chi connectivity index (χ2v) is 5.23. The molecule has 1 aliphatic rings. The number of carbonyl (C=O) groups excluding carboxylic acids is 1. The highest BCUT2D eigenvalue weighted by atomic mass is 16.5. The third-order valence-electron chi connectivity index (χ3n) is 3.89. The van der Waals surface area contributed by atoms with Crippen molar-refractivity contribution in [2.75, 3.05) is 38.2 Å². The van der Waals surface area contributed by atoms with Crippen LogP contribution in [0.5, 0.6) is 5.75 Å². The maximum absolute atomic E-state index is 12.2. The SMILES string of the molecule is COc1ccc(N2CCN(C(=O)Cc3ccon3)CC2)cc1. The molecule has 0 radical (unpaired) electrons. The monoisotopic (exact) mass is 301 g/mol. The quantitative estimate of drug-likeness (QED) is 0.858. The molecule has 0 saturated carbocycles. The van der Waals surface area contributed by atoms with E-state index in [1.807, 2.05) is 29.2 Å². The number of hydrogen-bond donors (Lipinski definition) is 0. The molecule has 1 fully saturated rings. The molecule has 0 bridgehead atoms. The highest BCUT2D eigenvalue weighted by Crippen LogP contribution is 2.20. The Labute approximate surface area is 129 Å². The molecule has 0 aliphatic carbocycles. The van der Waals surface area contributed by atoms with Gasteiger partial charge in [0, 0.05) is 37.9 Å². The van der Waals surface area contributed by atoms with E-state index in [-0.39, 0.29) is 5.91 Å². The average molecular weight is 301 g/mol. The van der Waals surface area contributed by atoms with Crippen molar-refractivity contribution in [2.45, 2.75) is 6.42 Å². The molecule has 1 aromatic heterocycles. The number of anilines is 1. The Balaban J connectivity index is 1.54. The summed E-state index contributed by atoms with van der Waals surface area (Å²) in [6.45, 7) is 3.11. The predicted octanol–water partition coefficient (Wildman–Crippen LogP) is 1.57. The van der Waals surface area contributed by atoms with Gasteiger partial charge in [0.1, 0.15) is 12.0 Å². The minimum absolute atomic E-state index is 0.100. The smallest absolute Gasteiger partial charge is 0.228 e. The van der Waals surface area contributed by atoms with Crippen molar-refractivity contribution < 1.29 is 14.1 Å². The molecule has 0 N–H and O–H groups in total. The fraction of sp³-hybridized carbons (Fsp3) is 0.375. The number of nitrogens with zero attached hydrogens (tertiary/aromatic N) is 3. The number of amides is 1. The van der Waals surface area contributed by atoms with Crippen LogP contribution >= 0.6 is 0 Å². The molecule has 2 aromatic rings. The minimum atomic E-state index is 0.100. The molecule has 6 nitrogen and oxygen atoms in total. The van der Waals surface area contributed by atoms with Crippen LogP contribution in [-0.4, -0.2) is 49.3 Å². The molecule has 1 aliphatic heterocycles. The van der Waals surface area contributed by atoms with Gasteiger partial charge in [0.15, 0.2) is 0 Å². The Hall–Kier alpha value is -2.50. The number of carbonyl (C=O) groups is 1. The van der Waals surface area contributed by atoms with Gasteiger partial charge in [-0.1, -0.05) is 5.16 Å². The van der Waals surface area contributed by atoms with E-state index in [9.17, 15) is 4.79 Å². The fourth-order valence-corrected chi connectivity index (χ4v) is 2.60. The summed E-state index contributed by atoms with van der Waals surface area (Å²) in [6.07, 6.45) is 1.79. The van der Waals surface area contributed by atoms with Gasteiger partial charge in [-0.05, 0) is 24.3 Å². The Morgan fingerprint density at radius 1 is 1.18 bits per heavy atom. The molecular weight excluding hydrogens is 282 g/mol. The van der Waals surface area contributed by atoms with E-state index in [0.717, 1.165) is 37.6 Å². The van der Waals surface area contributed by atoms with Gasteiger partial charge in [-0.15, -0.1) is 0 Å². The van der Waals surface area contributed by atoms with Gasteiger partial charge in [-0.3, -0.25) is 4.79 Å². The van der Waals surface area contributed by atoms with Crippen LogP contribution in [0.15, 0.2) is 41.1 Å². The largest absolute Gasteiger partial charge is 0.497 e. The zero-order chi connectivity index (χ0) is 15.4. The number of ether oxygens (including phenoxy) is 1. The van der Waals surface area contributed by atoms with Crippen LogP contribution in [0.1, 0.15) is 5.69 Å². The molecule has 2 heterocycles. The Kier molecular flexibility index (Phi) is 4.27. The summed E-state index contributed by atoms with van der Waals surface area (Å²) in [6, 6.07) is 9.73. The normalized spacial score (nSPS) is 15.0. The van der Waals surface area contributed by atoms with E-state index in [2.05, 4.69) is 10.1 Å². The topological polar surface area (TPSA) is 58.8 Å². The van der Waals surface area contributed by atoms with E-state index in [1.165, 1.54) is 6.26 Å². The summed E-state index contributed by atoms with van der Waals surface area (Å²) in [7, 11) is 1.66. The van der Waals surface area contributed by atoms with E-state index < -0.39 is 0 Å². The van der Waals surface area contributed by atoms with E-state index in [0.29, 0.717) is 12.1 Å². The van der Waals surface area contributed by atoms with Gasteiger partial charge >= 0.3 is 0 Å². The number of piperazine rings is 1. The zero-order valence-electron chi connectivity index (χ0n) is 12.6. The van der Waals surface area contributed by atoms with Gasteiger partial charge < -0.3 is 19.1 Å². The van der Waals surface area contributed by atoms with Gasteiger partial charge in [-0.2, -0.15) is 0 Å². The van der Waals surface area contributed by atoms with Crippen molar-refractivity contribution >= 4 is 11.6 Å². The lowest BCUT2D eigenvalue weighted by molar-refractivity contribution is -0.130. The second kappa shape index (κ2) is 6.51. The van der Waals surface area contributed by atoms with Crippen molar-refractivity contribution in [1.29, 1.82) is 0 Å². The summed E-state index contributed by atoms with van der Waals surface area (Å²) in [5.41, 5.74) is 1.84. The van der Waals surface area contributed by atoms with Crippen molar-refractivity contribution in [2.24, 2.45) is 0 Å². The standard InChI is InChI=1S/C16H19N3O3/c1-21-15-4-2-14(3-5-15)18-7-9-19(10-8-18)16(20)12-13-6-11-22-17-13/h2-6,11H,7-10,12H2,1H3. The Bertz CT molecular complexity index is 602. The third kappa shape index (κ3) is 3.21. The van der Waals surface area contributed by atoms with Gasteiger partial charge in [-0.25, -0.2) is 0 Å². The summed E-state index contributed by atoms with van der Waals surface area (Å²) < 4.78 is 9.93. The summed E-state index contributed by atoms with van der Waals surface area (Å²) in [5, 5.41) is 3.79. The summed E-state index contributed by atoms with van der Waals surface area (Å²) in [5.74, 6) is 0.952. The first-order valence-electron chi connectivity index (χ1n) is 7.32. The first-order valence-corrected chi connectivity index (χ1v) is 7.32. The third-order valence-corrected chi connectivity index (χ3v) is 3.89. The Morgan fingerprint density at radius 2 is 1.91 bits per heavy atom. The molecule has 1 saturated heterocycles. The number of hydrogen-bond acceptors (Lipinski definition) is 5. The summed E-state index contributed by atoms with van der Waals surface area (Å²) >= 11 is 0. The molecule has 1 amide bonds. The molecule has 116 valence electrons. The molecular formula is C16H19N3O3. The van der Waals surface area contributed by atoms with Crippen LogP contribution in [-0.2, 0) is 11.2 Å². The zero-order valence-corrected chi connectivity index (χ0v) is 12.6. The lowest BCUT2D eigenvalue weighted by atomic mass is 10.2. The van der Waals surface area contributed by atoms with Crippen LogP contribution in [0.4, 0.5) is 5.69 Å². The molecule has 0 atom stereocenters. The molecule has 3 rings (SSSR count). The molecule has 22 heavy (non-hydrogen) atoms. The first kappa shape index (κ1) is 14.4. The maximum atomic E-state index is 12.2. The van der Waals surface area contributed by atoms with E-state index in [1.54, 1.807) is 13.2 Å². The summed E-state index contributed by atoms with van der Waals surface area (Å²) in [4.78, 5) is 16.4. The van der Waals surface area contributed by atoms with E-state index >= 15 is 0 Å². The average Bonchev–Trinajstić information content (AvgIpc) is 3.08. The van der Waals surface area contributed by atoms with Crippen LogP contribution in [0, 0.1) is 0 Å². The number of methoxy groups -OCH3 is 1. The van der Waals surface area contributed by atoms with E-state index in [4.69, 9.17) is 9.26 Å². The second-order valence-electron chi connectivity index (χ2n) is 5.23. The van der Waals surface area contributed by atoms with Crippen molar-refractivity contribution in [3.8, 4) is 5.75 Å². The number of benzene rings is 1. The van der Waals surface area contributed by atoms with Crippen LogP contribution in [0.25, 0.3) is 0 Å².